The van der Waals surface area contributed by atoms with Crippen molar-refractivity contribution >= 4 is 44.0 Å². The van der Waals surface area contributed by atoms with Crippen LogP contribution >= 0.6 is 11.3 Å². The molecule has 146 valence electrons. The molecule has 5 rings (SSSR count). The predicted molar refractivity (Wildman–Crippen MR) is 116 cm³/mol. The van der Waals surface area contributed by atoms with E-state index in [1.807, 2.05) is 12.1 Å². The van der Waals surface area contributed by atoms with Crippen molar-refractivity contribution in [2.75, 3.05) is 19.1 Å². The second-order valence-corrected chi connectivity index (χ2v) is 8.82. The van der Waals surface area contributed by atoms with Crippen molar-refractivity contribution in [3.05, 3.63) is 64.0 Å². The maximum Gasteiger partial charge on any atom is 0.351 e. The van der Waals surface area contributed by atoms with Gasteiger partial charge in [-0.2, -0.15) is 0 Å². The fourth-order valence-electron chi connectivity index (χ4n) is 4.18. The molecule has 4 aromatic rings. The lowest BCUT2D eigenvalue weighted by Crippen LogP contribution is -2.41. The van der Waals surface area contributed by atoms with E-state index in [9.17, 15) is 9.59 Å². The molecule has 1 aliphatic heterocycles. The summed E-state index contributed by atoms with van der Waals surface area (Å²) in [7, 11) is 3.31. The number of carbonyl (C=O) groups excluding carboxylic acids is 1. The van der Waals surface area contributed by atoms with Crippen LogP contribution in [0.4, 0.5) is 5.69 Å². The zero-order valence-corrected chi connectivity index (χ0v) is 17.3. The number of methoxy groups -OCH3 is 1. The smallest absolute Gasteiger partial charge is 0.351 e. The molecule has 2 aromatic carbocycles. The highest BCUT2D eigenvalue weighted by atomic mass is 32.1. The maximum absolute atomic E-state index is 12.2. The largest absolute Gasteiger partial charge is 0.465 e. The summed E-state index contributed by atoms with van der Waals surface area (Å²) < 4.78 is 11.4. The first-order valence-corrected chi connectivity index (χ1v) is 10.1. The van der Waals surface area contributed by atoms with Gasteiger partial charge < -0.3 is 14.1 Å². The zero-order valence-electron chi connectivity index (χ0n) is 16.5. The number of fused-ring (bicyclic) bond motifs is 6. The summed E-state index contributed by atoms with van der Waals surface area (Å²) in [4.78, 5) is 27.6. The molecule has 0 fully saturated rings. The molecule has 0 spiro atoms. The summed E-state index contributed by atoms with van der Waals surface area (Å²) in [5.41, 5.74) is 2.79. The number of rotatable bonds is 1. The van der Waals surface area contributed by atoms with Gasteiger partial charge in [0.2, 0.25) is 0 Å². The number of hydrogen-bond acceptors (Lipinski definition) is 6. The molecule has 0 radical (unpaired) electrons. The lowest BCUT2D eigenvalue weighted by atomic mass is 9.83. The minimum Gasteiger partial charge on any atom is -0.465 e. The fraction of sp³-hybridized carbons (Fsp3) is 0.217. The molecule has 0 amide bonds. The van der Waals surface area contributed by atoms with Gasteiger partial charge in [0, 0.05) is 44.9 Å². The van der Waals surface area contributed by atoms with Gasteiger partial charge >= 0.3 is 11.6 Å². The quantitative estimate of drug-likeness (QED) is 0.324. The number of ether oxygens (including phenoxy) is 1. The molecule has 0 atom stereocenters. The monoisotopic (exact) mass is 405 g/mol. The molecule has 0 saturated carbocycles. The third-order valence-electron chi connectivity index (χ3n) is 5.91. The summed E-state index contributed by atoms with van der Waals surface area (Å²) in [6.45, 7) is 4.41. The summed E-state index contributed by atoms with van der Waals surface area (Å²) in [5.74, 6) is -0.695. The van der Waals surface area contributed by atoms with Crippen LogP contribution in [0, 0.1) is 0 Å². The van der Waals surface area contributed by atoms with Crippen LogP contribution in [0.3, 0.4) is 0 Å². The minimum absolute atomic E-state index is 0.0963. The van der Waals surface area contributed by atoms with Crippen LogP contribution < -0.4 is 10.5 Å². The standard InChI is InChI=1S/C23H19NO4S/c1-23(2)19-13-7-5-6-8-18(13)29-20(19)14-9-12-10-15(21(25)27-4)22(26)28-17(12)11-16(14)24(23)3/h5-11H,1-4H3. The summed E-state index contributed by atoms with van der Waals surface area (Å²) in [5, 5.41) is 1.95. The molecule has 3 heterocycles. The van der Waals surface area contributed by atoms with Gasteiger partial charge in [-0.1, -0.05) is 18.2 Å². The van der Waals surface area contributed by atoms with E-state index < -0.39 is 11.6 Å². The second-order valence-electron chi connectivity index (χ2n) is 7.77. The highest BCUT2D eigenvalue weighted by Crippen LogP contribution is 2.53. The summed E-state index contributed by atoms with van der Waals surface area (Å²) >= 11 is 1.76. The van der Waals surface area contributed by atoms with Crippen LogP contribution in [0.25, 0.3) is 31.5 Å². The lowest BCUT2D eigenvalue weighted by Gasteiger charge is -2.43. The van der Waals surface area contributed by atoms with Crippen molar-refractivity contribution in [2.45, 2.75) is 19.4 Å². The SMILES string of the molecule is COC(=O)c1cc2cc3c(cc2oc1=O)N(C)C(C)(C)c1c-3sc2ccccc12. The van der Waals surface area contributed by atoms with Crippen LogP contribution in [0.15, 0.2) is 51.7 Å². The number of benzene rings is 2. The molecule has 5 nitrogen and oxygen atoms in total. The molecular weight excluding hydrogens is 386 g/mol. The number of nitrogens with zero attached hydrogens (tertiary/aromatic N) is 1. The average molecular weight is 405 g/mol. The first-order chi connectivity index (χ1) is 13.8. The Kier molecular flexibility index (Phi) is 3.67. The Bertz CT molecular complexity index is 1380. The summed E-state index contributed by atoms with van der Waals surface area (Å²) in [6.07, 6.45) is 0. The normalized spacial score (nSPS) is 14.7. The molecule has 0 bridgehead atoms. The molecule has 2 aromatic heterocycles. The van der Waals surface area contributed by atoms with Crippen LogP contribution in [0.2, 0.25) is 0 Å². The number of carbonyl (C=O) groups is 1. The van der Waals surface area contributed by atoms with Gasteiger partial charge in [-0.05, 0) is 37.4 Å². The molecule has 1 aliphatic rings. The molecular formula is C23H19NO4S. The van der Waals surface area contributed by atoms with Crippen molar-refractivity contribution in [1.82, 2.24) is 0 Å². The van der Waals surface area contributed by atoms with E-state index in [-0.39, 0.29) is 11.1 Å². The fourth-order valence-corrected chi connectivity index (χ4v) is 5.56. The molecule has 0 saturated heterocycles. The Hall–Kier alpha value is -3.12. The Morgan fingerprint density at radius 2 is 1.93 bits per heavy atom. The lowest BCUT2D eigenvalue weighted by molar-refractivity contribution is 0.0596. The topological polar surface area (TPSA) is 59.8 Å². The highest BCUT2D eigenvalue weighted by Gasteiger charge is 2.38. The minimum atomic E-state index is -0.695. The van der Waals surface area contributed by atoms with E-state index in [4.69, 9.17) is 9.15 Å². The average Bonchev–Trinajstić information content (AvgIpc) is 3.11. The predicted octanol–water partition coefficient (Wildman–Crippen LogP) is 5.15. The van der Waals surface area contributed by atoms with Crippen molar-refractivity contribution in [3.63, 3.8) is 0 Å². The van der Waals surface area contributed by atoms with Gasteiger partial charge in [-0.3, -0.25) is 0 Å². The first-order valence-electron chi connectivity index (χ1n) is 9.29. The van der Waals surface area contributed by atoms with Gasteiger partial charge in [0.25, 0.3) is 0 Å². The highest BCUT2D eigenvalue weighted by molar-refractivity contribution is 7.22. The van der Waals surface area contributed by atoms with Gasteiger partial charge in [0.05, 0.1) is 12.6 Å². The van der Waals surface area contributed by atoms with Crippen LogP contribution in [-0.4, -0.2) is 20.1 Å². The number of hydrogen-bond donors (Lipinski definition) is 0. The van der Waals surface area contributed by atoms with Crippen molar-refractivity contribution in [1.29, 1.82) is 0 Å². The van der Waals surface area contributed by atoms with Crippen molar-refractivity contribution in [2.24, 2.45) is 0 Å². The van der Waals surface area contributed by atoms with Crippen LogP contribution in [-0.2, 0) is 10.3 Å². The number of anilines is 1. The second kappa shape index (κ2) is 5.94. The Morgan fingerprint density at radius 3 is 2.69 bits per heavy atom. The molecule has 29 heavy (non-hydrogen) atoms. The van der Waals surface area contributed by atoms with Gasteiger partial charge in [0.15, 0.2) is 0 Å². The van der Waals surface area contributed by atoms with E-state index in [1.54, 1.807) is 17.4 Å². The Labute approximate surface area is 171 Å². The van der Waals surface area contributed by atoms with Gasteiger partial charge in [-0.25, -0.2) is 9.59 Å². The first kappa shape index (κ1) is 17.9. The Morgan fingerprint density at radius 1 is 1.17 bits per heavy atom. The molecule has 0 N–H and O–H groups in total. The van der Waals surface area contributed by atoms with Crippen LogP contribution in [0.1, 0.15) is 29.8 Å². The van der Waals surface area contributed by atoms with E-state index in [1.165, 1.54) is 27.6 Å². The van der Waals surface area contributed by atoms with E-state index in [0.717, 1.165) is 11.3 Å². The molecule has 6 heteroatoms. The summed E-state index contributed by atoms with van der Waals surface area (Å²) in [6, 6.07) is 13.9. The van der Waals surface area contributed by atoms with E-state index in [0.29, 0.717) is 11.0 Å². The van der Waals surface area contributed by atoms with E-state index in [2.05, 4.69) is 50.1 Å². The third-order valence-corrected chi connectivity index (χ3v) is 7.11. The Balaban J connectivity index is 1.87. The third kappa shape index (κ3) is 2.39. The van der Waals surface area contributed by atoms with Crippen molar-refractivity contribution < 1.29 is 13.9 Å². The van der Waals surface area contributed by atoms with Gasteiger partial charge in [-0.15, -0.1) is 11.3 Å². The maximum atomic E-state index is 12.2. The van der Waals surface area contributed by atoms with Gasteiger partial charge in [0.1, 0.15) is 11.1 Å². The van der Waals surface area contributed by atoms with Crippen LogP contribution in [0.5, 0.6) is 0 Å². The number of thiophene rings is 1. The number of esters is 1. The molecule has 0 aliphatic carbocycles. The zero-order chi connectivity index (χ0) is 20.5. The van der Waals surface area contributed by atoms with Crippen molar-refractivity contribution in [3.8, 4) is 10.4 Å². The van der Waals surface area contributed by atoms with E-state index >= 15 is 0 Å². The molecule has 0 unspecified atom stereocenters.